The van der Waals surface area contributed by atoms with E-state index in [1.807, 2.05) is 0 Å². The second-order valence-corrected chi connectivity index (χ2v) is 3.85. The van der Waals surface area contributed by atoms with E-state index in [-0.39, 0.29) is 0 Å². The van der Waals surface area contributed by atoms with Gasteiger partial charge in [0, 0.05) is 6.42 Å². The summed E-state index contributed by atoms with van der Waals surface area (Å²) in [6.45, 7) is 9.83. The first-order valence-electron chi connectivity index (χ1n) is 5.06. The van der Waals surface area contributed by atoms with Gasteiger partial charge in [-0.05, 0) is 37.5 Å². The maximum Gasteiger partial charge on any atom is 0.306 e. The zero-order valence-corrected chi connectivity index (χ0v) is 9.59. The van der Waals surface area contributed by atoms with E-state index in [0.29, 0.717) is 6.61 Å². The molecule has 0 heterocycles. The number of carbonyl (C=O) groups excluding carboxylic acids is 1. The molecule has 1 radical (unpaired) electrons. The lowest BCUT2D eigenvalue weighted by Crippen LogP contribution is -2.06. The standard InChI is InChI=1S/C13H17O2/c1-9-7-10(2)13(11(3)8-9)5-6-15-12(4)14/h7-8H,4-6H2,1-3H3. The van der Waals surface area contributed by atoms with Crippen LogP contribution in [0.2, 0.25) is 0 Å². The van der Waals surface area contributed by atoms with Gasteiger partial charge in [-0.3, -0.25) is 4.79 Å². The van der Waals surface area contributed by atoms with E-state index in [2.05, 4.69) is 39.8 Å². The summed E-state index contributed by atoms with van der Waals surface area (Å²) in [4.78, 5) is 10.5. The molecule has 2 nitrogen and oxygen atoms in total. The van der Waals surface area contributed by atoms with E-state index >= 15 is 0 Å². The zero-order chi connectivity index (χ0) is 11.4. The predicted octanol–water partition coefficient (Wildman–Crippen LogP) is 2.53. The molecular formula is C13H17O2. The highest BCUT2D eigenvalue weighted by atomic mass is 16.5. The number of rotatable bonds is 3. The average Bonchev–Trinajstić information content (AvgIpc) is 2.08. The molecule has 0 bridgehead atoms. The molecule has 0 N–H and O–H groups in total. The lowest BCUT2D eigenvalue weighted by Gasteiger charge is -2.11. The van der Waals surface area contributed by atoms with Gasteiger partial charge in [-0.15, -0.1) is 0 Å². The van der Waals surface area contributed by atoms with Crippen molar-refractivity contribution in [3.63, 3.8) is 0 Å². The maximum absolute atomic E-state index is 10.5. The summed E-state index contributed by atoms with van der Waals surface area (Å²) in [5.74, 6) is -0.461. The van der Waals surface area contributed by atoms with Crippen LogP contribution in [-0.4, -0.2) is 12.6 Å². The Morgan fingerprint density at radius 2 is 1.80 bits per heavy atom. The number of benzene rings is 1. The number of aryl methyl sites for hydroxylation is 3. The zero-order valence-electron chi connectivity index (χ0n) is 9.59. The van der Waals surface area contributed by atoms with Gasteiger partial charge in [0.25, 0.3) is 0 Å². The van der Waals surface area contributed by atoms with Crippen LogP contribution in [0.25, 0.3) is 0 Å². The summed E-state index contributed by atoms with van der Waals surface area (Å²) in [5.41, 5.74) is 5.05. The summed E-state index contributed by atoms with van der Waals surface area (Å²) in [6.07, 6.45) is 0.763. The lowest BCUT2D eigenvalue weighted by atomic mass is 9.98. The van der Waals surface area contributed by atoms with Gasteiger partial charge in [0.15, 0.2) is 0 Å². The molecule has 1 rings (SSSR count). The fraction of sp³-hybridized carbons (Fsp3) is 0.385. The predicted molar refractivity (Wildman–Crippen MR) is 60.7 cm³/mol. The molecule has 15 heavy (non-hydrogen) atoms. The number of carbonyl (C=O) groups is 1. The van der Waals surface area contributed by atoms with Crippen LogP contribution in [-0.2, 0) is 16.0 Å². The summed E-state index contributed by atoms with van der Waals surface area (Å²) < 4.78 is 4.84. The van der Waals surface area contributed by atoms with Crippen molar-refractivity contribution in [2.75, 3.05) is 6.61 Å². The first kappa shape index (κ1) is 11.8. The van der Waals surface area contributed by atoms with Crippen LogP contribution in [0.5, 0.6) is 0 Å². The number of esters is 1. The third kappa shape index (κ3) is 3.39. The highest BCUT2D eigenvalue weighted by Crippen LogP contribution is 2.16. The summed E-state index contributed by atoms with van der Waals surface area (Å²) >= 11 is 0. The Labute approximate surface area is 91.3 Å². The van der Waals surface area contributed by atoms with Crippen LogP contribution in [0.1, 0.15) is 22.3 Å². The van der Waals surface area contributed by atoms with Crippen molar-refractivity contribution < 1.29 is 9.53 Å². The maximum atomic E-state index is 10.5. The molecule has 0 atom stereocenters. The number of hydrogen-bond donors (Lipinski definition) is 0. The Balaban J connectivity index is 2.72. The highest BCUT2D eigenvalue weighted by molar-refractivity contribution is 5.73. The van der Waals surface area contributed by atoms with E-state index in [9.17, 15) is 4.79 Å². The van der Waals surface area contributed by atoms with Gasteiger partial charge in [-0.1, -0.05) is 17.7 Å². The number of hydrogen-bond acceptors (Lipinski definition) is 2. The van der Waals surface area contributed by atoms with Crippen LogP contribution in [0, 0.1) is 27.7 Å². The number of ether oxygens (including phenoxy) is 1. The Hall–Kier alpha value is -1.31. The van der Waals surface area contributed by atoms with Crippen molar-refractivity contribution >= 4 is 5.97 Å². The Bertz CT molecular complexity index is 344. The molecule has 0 saturated heterocycles. The van der Waals surface area contributed by atoms with Gasteiger partial charge in [-0.25, -0.2) is 0 Å². The summed E-state index contributed by atoms with van der Waals surface area (Å²) in [7, 11) is 0. The normalized spacial score (nSPS) is 10.1. The van der Waals surface area contributed by atoms with Crippen LogP contribution in [0.3, 0.4) is 0 Å². The minimum Gasteiger partial charge on any atom is -0.465 e. The Morgan fingerprint density at radius 1 is 1.27 bits per heavy atom. The Kier molecular flexibility index (Phi) is 3.89. The molecule has 0 aliphatic carbocycles. The smallest absolute Gasteiger partial charge is 0.306 e. The largest absolute Gasteiger partial charge is 0.465 e. The third-order valence-corrected chi connectivity index (χ3v) is 2.46. The quantitative estimate of drug-likeness (QED) is 0.709. The van der Waals surface area contributed by atoms with Gasteiger partial charge in [0.2, 0.25) is 0 Å². The average molecular weight is 205 g/mol. The summed E-state index contributed by atoms with van der Waals surface area (Å²) in [5, 5.41) is 0. The molecule has 0 aromatic heterocycles. The molecule has 0 aliphatic rings. The molecule has 0 aliphatic heterocycles. The fourth-order valence-corrected chi connectivity index (χ4v) is 1.87. The van der Waals surface area contributed by atoms with E-state index < -0.39 is 5.97 Å². The monoisotopic (exact) mass is 205 g/mol. The second kappa shape index (κ2) is 4.96. The lowest BCUT2D eigenvalue weighted by molar-refractivity contribution is -0.137. The third-order valence-electron chi connectivity index (χ3n) is 2.46. The molecular weight excluding hydrogens is 188 g/mol. The fourth-order valence-electron chi connectivity index (χ4n) is 1.87. The first-order chi connectivity index (χ1) is 7.00. The first-order valence-corrected chi connectivity index (χ1v) is 5.06. The van der Waals surface area contributed by atoms with Crippen molar-refractivity contribution in [1.82, 2.24) is 0 Å². The van der Waals surface area contributed by atoms with Crippen LogP contribution >= 0.6 is 0 Å². The molecule has 0 fully saturated rings. The SMILES string of the molecule is [CH2]C(=O)OCCc1c(C)cc(C)cc1C. The summed E-state index contributed by atoms with van der Waals surface area (Å²) in [6, 6.07) is 4.29. The van der Waals surface area contributed by atoms with Crippen LogP contribution in [0.4, 0.5) is 0 Å². The minimum absolute atomic E-state index is 0.410. The van der Waals surface area contributed by atoms with Crippen molar-refractivity contribution in [2.45, 2.75) is 27.2 Å². The molecule has 0 amide bonds. The van der Waals surface area contributed by atoms with Crippen LogP contribution in [0.15, 0.2) is 12.1 Å². The van der Waals surface area contributed by atoms with Crippen molar-refractivity contribution in [1.29, 1.82) is 0 Å². The van der Waals surface area contributed by atoms with Gasteiger partial charge < -0.3 is 4.74 Å². The van der Waals surface area contributed by atoms with E-state index in [1.165, 1.54) is 22.3 Å². The highest BCUT2D eigenvalue weighted by Gasteiger charge is 2.04. The van der Waals surface area contributed by atoms with Crippen molar-refractivity contribution in [3.05, 3.63) is 41.3 Å². The molecule has 2 heteroatoms. The van der Waals surface area contributed by atoms with Crippen LogP contribution < -0.4 is 0 Å². The molecule has 0 unspecified atom stereocenters. The molecule has 1 aromatic rings. The van der Waals surface area contributed by atoms with Gasteiger partial charge in [-0.2, -0.15) is 0 Å². The van der Waals surface area contributed by atoms with Crippen molar-refractivity contribution in [2.24, 2.45) is 0 Å². The molecule has 0 saturated carbocycles. The van der Waals surface area contributed by atoms with Gasteiger partial charge in [0.1, 0.15) is 0 Å². The van der Waals surface area contributed by atoms with E-state index in [1.54, 1.807) is 0 Å². The van der Waals surface area contributed by atoms with Gasteiger partial charge in [0.05, 0.1) is 13.5 Å². The van der Waals surface area contributed by atoms with E-state index in [0.717, 1.165) is 6.42 Å². The Morgan fingerprint density at radius 3 is 2.27 bits per heavy atom. The molecule has 0 spiro atoms. The topological polar surface area (TPSA) is 26.3 Å². The second-order valence-electron chi connectivity index (χ2n) is 3.85. The van der Waals surface area contributed by atoms with Crippen molar-refractivity contribution in [3.8, 4) is 0 Å². The van der Waals surface area contributed by atoms with Gasteiger partial charge >= 0.3 is 5.97 Å². The minimum atomic E-state index is -0.461. The van der Waals surface area contributed by atoms with E-state index in [4.69, 9.17) is 4.74 Å². The molecule has 1 aromatic carbocycles. The molecule has 81 valence electrons.